The summed E-state index contributed by atoms with van der Waals surface area (Å²) in [5.74, 6) is -0.209. The fraction of sp³-hybridized carbons (Fsp3) is 0.875. The molecule has 134 valence electrons. The maximum absolute atomic E-state index is 12.1. The number of alkyl carbamates (subject to hydrolysis) is 1. The van der Waals surface area contributed by atoms with E-state index in [-0.39, 0.29) is 18.1 Å². The Morgan fingerprint density at radius 1 is 1.26 bits per heavy atom. The average Bonchev–Trinajstić information content (AvgIpc) is 2.43. The van der Waals surface area contributed by atoms with E-state index in [2.05, 4.69) is 5.32 Å². The molecule has 1 amide bonds. The van der Waals surface area contributed by atoms with E-state index in [1.807, 2.05) is 25.7 Å². The highest BCUT2D eigenvalue weighted by Gasteiger charge is 2.34. The number of amides is 1. The summed E-state index contributed by atoms with van der Waals surface area (Å²) >= 11 is 0. The first kappa shape index (κ1) is 19.7. The number of hydrogen-bond donors (Lipinski definition) is 1. The second kappa shape index (κ2) is 9.08. The van der Waals surface area contributed by atoms with Gasteiger partial charge in [-0.2, -0.15) is 0 Å². The van der Waals surface area contributed by atoms with E-state index in [9.17, 15) is 9.59 Å². The number of rotatable bonds is 6. The Hall–Kier alpha value is -1.34. The van der Waals surface area contributed by atoms with Gasteiger partial charge < -0.3 is 19.5 Å². The number of hydrogen-bond acceptors (Lipinski definition) is 6. The summed E-state index contributed by atoms with van der Waals surface area (Å²) < 4.78 is 15.5. The number of carbonyl (C=O) groups excluding carboxylic acids is 2. The van der Waals surface area contributed by atoms with Crippen molar-refractivity contribution >= 4 is 12.1 Å². The molecular weight excluding hydrogens is 300 g/mol. The lowest BCUT2D eigenvalue weighted by Gasteiger charge is -2.38. The Bertz CT molecular complexity index is 394. The first-order valence-corrected chi connectivity index (χ1v) is 8.16. The van der Waals surface area contributed by atoms with Crippen molar-refractivity contribution in [3.8, 4) is 0 Å². The zero-order valence-electron chi connectivity index (χ0n) is 14.9. The van der Waals surface area contributed by atoms with Crippen molar-refractivity contribution in [3.63, 3.8) is 0 Å². The minimum Gasteiger partial charge on any atom is -0.465 e. The number of likely N-dealkylation sites (tertiary alicyclic amines) is 1. The van der Waals surface area contributed by atoms with Crippen LogP contribution in [0.2, 0.25) is 0 Å². The lowest BCUT2D eigenvalue weighted by Crippen LogP contribution is -2.55. The van der Waals surface area contributed by atoms with Crippen molar-refractivity contribution in [2.24, 2.45) is 0 Å². The predicted octanol–water partition coefficient (Wildman–Crippen LogP) is 1.55. The predicted molar refractivity (Wildman–Crippen MR) is 86.3 cm³/mol. The van der Waals surface area contributed by atoms with Crippen LogP contribution >= 0.6 is 0 Å². The van der Waals surface area contributed by atoms with Crippen molar-refractivity contribution in [1.29, 1.82) is 0 Å². The van der Waals surface area contributed by atoms with Gasteiger partial charge in [0.15, 0.2) is 0 Å². The maximum atomic E-state index is 12.1. The third kappa shape index (κ3) is 7.18. The highest BCUT2D eigenvalue weighted by atomic mass is 16.6. The monoisotopic (exact) mass is 330 g/mol. The molecule has 0 aromatic carbocycles. The summed E-state index contributed by atoms with van der Waals surface area (Å²) in [6, 6.07) is -0.325. The second-order valence-electron chi connectivity index (χ2n) is 6.68. The number of esters is 1. The lowest BCUT2D eigenvalue weighted by atomic mass is 9.98. The van der Waals surface area contributed by atoms with Gasteiger partial charge in [-0.15, -0.1) is 0 Å². The Morgan fingerprint density at radius 2 is 1.96 bits per heavy atom. The molecule has 0 spiro atoms. The first-order chi connectivity index (χ1) is 10.8. The summed E-state index contributed by atoms with van der Waals surface area (Å²) in [5.41, 5.74) is -0.526. The Kier molecular flexibility index (Phi) is 7.78. The summed E-state index contributed by atoms with van der Waals surface area (Å²) in [6.07, 6.45) is 0.929. The number of nitrogens with one attached hydrogen (secondary N) is 1. The van der Waals surface area contributed by atoms with E-state index in [0.29, 0.717) is 39.1 Å². The topological polar surface area (TPSA) is 77.1 Å². The standard InChI is InChI=1S/C16H30N2O5/c1-6-22-14(19)13-8-7-12(11-18(13)9-10-21-5)17-15(20)23-16(2,3)4/h12-13H,6-11H2,1-5H3,(H,17,20). The fourth-order valence-corrected chi connectivity index (χ4v) is 2.60. The molecule has 1 saturated heterocycles. The molecule has 0 bridgehead atoms. The molecule has 1 aliphatic heterocycles. The van der Waals surface area contributed by atoms with Gasteiger partial charge in [0, 0.05) is 26.2 Å². The van der Waals surface area contributed by atoms with E-state index in [1.54, 1.807) is 14.0 Å². The zero-order valence-corrected chi connectivity index (χ0v) is 14.9. The van der Waals surface area contributed by atoms with Gasteiger partial charge in [-0.3, -0.25) is 9.69 Å². The number of piperidine rings is 1. The molecule has 0 radical (unpaired) electrons. The van der Waals surface area contributed by atoms with Gasteiger partial charge in [0.25, 0.3) is 0 Å². The van der Waals surface area contributed by atoms with E-state index >= 15 is 0 Å². The van der Waals surface area contributed by atoms with Crippen LogP contribution in [0.1, 0.15) is 40.5 Å². The highest BCUT2D eigenvalue weighted by Crippen LogP contribution is 2.19. The second-order valence-corrected chi connectivity index (χ2v) is 6.68. The number of nitrogens with zero attached hydrogens (tertiary/aromatic N) is 1. The van der Waals surface area contributed by atoms with Gasteiger partial charge in [-0.25, -0.2) is 4.79 Å². The van der Waals surface area contributed by atoms with Gasteiger partial charge in [0.2, 0.25) is 0 Å². The molecule has 2 atom stereocenters. The maximum Gasteiger partial charge on any atom is 0.407 e. The molecule has 0 aromatic heterocycles. The molecule has 7 nitrogen and oxygen atoms in total. The van der Waals surface area contributed by atoms with Gasteiger partial charge >= 0.3 is 12.1 Å². The third-order valence-electron chi connectivity index (χ3n) is 3.55. The normalized spacial score (nSPS) is 22.5. The van der Waals surface area contributed by atoms with Crippen LogP contribution in [0.25, 0.3) is 0 Å². The van der Waals surface area contributed by atoms with Crippen LogP contribution in [0, 0.1) is 0 Å². The Labute approximate surface area is 138 Å². The number of methoxy groups -OCH3 is 1. The third-order valence-corrected chi connectivity index (χ3v) is 3.55. The zero-order chi connectivity index (χ0) is 17.5. The van der Waals surface area contributed by atoms with Crippen molar-refractivity contribution in [1.82, 2.24) is 10.2 Å². The molecule has 2 unspecified atom stereocenters. The van der Waals surface area contributed by atoms with Gasteiger partial charge in [0.05, 0.1) is 13.2 Å². The smallest absolute Gasteiger partial charge is 0.407 e. The van der Waals surface area contributed by atoms with Crippen LogP contribution in [-0.4, -0.2) is 68.1 Å². The molecule has 0 saturated carbocycles. The molecule has 1 aliphatic rings. The van der Waals surface area contributed by atoms with Crippen LogP contribution in [0.4, 0.5) is 4.79 Å². The van der Waals surface area contributed by atoms with Crippen LogP contribution in [0.5, 0.6) is 0 Å². The van der Waals surface area contributed by atoms with Gasteiger partial charge in [-0.05, 0) is 40.5 Å². The summed E-state index contributed by atoms with van der Waals surface area (Å²) in [6.45, 7) is 9.37. The molecule has 1 heterocycles. The number of carbonyl (C=O) groups is 2. The van der Waals surface area contributed by atoms with E-state index < -0.39 is 11.7 Å². The van der Waals surface area contributed by atoms with Crippen LogP contribution in [0.15, 0.2) is 0 Å². The molecule has 1 rings (SSSR count). The molecule has 23 heavy (non-hydrogen) atoms. The quantitative estimate of drug-likeness (QED) is 0.745. The van der Waals surface area contributed by atoms with Crippen molar-refractivity contribution in [3.05, 3.63) is 0 Å². The fourth-order valence-electron chi connectivity index (χ4n) is 2.60. The molecular formula is C16H30N2O5. The highest BCUT2D eigenvalue weighted by molar-refractivity contribution is 5.76. The SMILES string of the molecule is CCOC(=O)C1CCC(NC(=O)OC(C)(C)C)CN1CCOC. The van der Waals surface area contributed by atoms with Crippen LogP contribution in [0.3, 0.4) is 0 Å². The molecule has 0 aromatic rings. The number of ether oxygens (including phenoxy) is 3. The molecule has 0 aliphatic carbocycles. The summed E-state index contributed by atoms with van der Waals surface area (Å²) in [5, 5.41) is 2.88. The van der Waals surface area contributed by atoms with E-state index in [1.165, 1.54) is 0 Å². The molecule has 1 N–H and O–H groups in total. The largest absolute Gasteiger partial charge is 0.465 e. The Morgan fingerprint density at radius 3 is 2.52 bits per heavy atom. The molecule has 1 fully saturated rings. The lowest BCUT2D eigenvalue weighted by molar-refractivity contribution is -0.151. The molecule has 7 heteroatoms. The van der Waals surface area contributed by atoms with Crippen molar-refractivity contribution in [2.75, 3.05) is 33.4 Å². The van der Waals surface area contributed by atoms with Gasteiger partial charge in [-0.1, -0.05) is 0 Å². The average molecular weight is 330 g/mol. The Balaban J connectivity index is 2.60. The van der Waals surface area contributed by atoms with Gasteiger partial charge in [0.1, 0.15) is 11.6 Å². The summed E-state index contributed by atoms with van der Waals surface area (Å²) in [4.78, 5) is 26.0. The van der Waals surface area contributed by atoms with Crippen molar-refractivity contribution < 1.29 is 23.8 Å². The minimum atomic E-state index is -0.526. The van der Waals surface area contributed by atoms with Crippen LogP contribution < -0.4 is 5.32 Å². The first-order valence-electron chi connectivity index (χ1n) is 8.16. The minimum absolute atomic E-state index is 0.0487. The van der Waals surface area contributed by atoms with Crippen LogP contribution in [-0.2, 0) is 19.0 Å². The van der Waals surface area contributed by atoms with E-state index in [0.717, 1.165) is 0 Å². The van der Waals surface area contributed by atoms with Crippen molar-refractivity contribution in [2.45, 2.75) is 58.2 Å². The summed E-state index contributed by atoms with van der Waals surface area (Å²) in [7, 11) is 1.62. The van der Waals surface area contributed by atoms with E-state index in [4.69, 9.17) is 14.2 Å².